The Morgan fingerprint density at radius 3 is 2.85 bits per heavy atom. The van der Waals surface area contributed by atoms with E-state index in [1.807, 2.05) is 26.1 Å². The minimum atomic E-state index is 1.14. The third-order valence-corrected chi connectivity index (χ3v) is 2.17. The molecule has 0 saturated heterocycles. The van der Waals surface area contributed by atoms with Gasteiger partial charge in [0.2, 0.25) is 0 Å². The van der Waals surface area contributed by atoms with Crippen LogP contribution in [0.25, 0.3) is 0 Å². The minimum Gasteiger partial charge on any atom is -0.359 e. The normalized spacial score (nSPS) is 14.2. The number of anilines is 1. The highest BCUT2D eigenvalue weighted by atomic mass is 15.2. The molecule has 0 aromatic carbocycles. The van der Waals surface area contributed by atoms with Crippen LogP contribution in [0.5, 0.6) is 0 Å². The zero-order chi connectivity index (χ0) is 9.68. The molecule has 0 saturated carbocycles. The van der Waals surface area contributed by atoms with Crippen molar-refractivity contribution >= 4 is 5.82 Å². The van der Waals surface area contributed by atoms with Crippen LogP contribution < -0.4 is 4.90 Å². The van der Waals surface area contributed by atoms with E-state index in [4.69, 9.17) is 0 Å². The number of hydrogen-bond donors (Lipinski definition) is 0. The molecule has 2 heterocycles. The standard InChI is InChI=1S/C9H12N2.C2H6/c1-11-7-3-5-8-4-2-6-10-9(8)11;1-2/h2,4,6H,3,5,7H2,1H3;1-2H3. The summed E-state index contributed by atoms with van der Waals surface area (Å²) < 4.78 is 0. The lowest BCUT2D eigenvalue weighted by Crippen LogP contribution is -2.25. The van der Waals surface area contributed by atoms with Crippen molar-refractivity contribution in [3.63, 3.8) is 0 Å². The van der Waals surface area contributed by atoms with Crippen molar-refractivity contribution in [2.24, 2.45) is 0 Å². The maximum atomic E-state index is 4.33. The van der Waals surface area contributed by atoms with Crippen molar-refractivity contribution in [2.45, 2.75) is 26.7 Å². The van der Waals surface area contributed by atoms with E-state index in [1.54, 1.807) is 0 Å². The van der Waals surface area contributed by atoms with Crippen LogP contribution in [0.2, 0.25) is 0 Å². The Labute approximate surface area is 80.6 Å². The summed E-state index contributed by atoms with van der Waals surface area (Å²) in [6.45, 7) is 5.14. The second kappa shape index (κ2) is 4.85. The molecule has 1 aromatic heterocycles. The van der Waals surface area contributed by atoms with Crippen LogP contribution in [0.3, 0.4) is 0 Å². The average Bonchev–Trinajstić information content (AvgIpc) is 2.22. The lowest BCUT2D eigenvalue weighted by molar-refractivity contribution is 0.730. The van der Waals surface area contributed by atoms with Crippen molar-refractivity contribution in [3.8, 4) is 0 Å². The number of fused-ring (bicyclic) bond motifs is 1. The van der Waals surface area contributed by atoms with Crippen LogP contribution in [0.4, 0.5) is 5.82 Å². The van der Waals surface area contributed by atoms with Gasteiger partial charge in [-0.25, -0.2) is 4.98 Å². The Kier molecular flexibility index (Phi) is 3.74. The molecule has 0 spiro atoms. The highest BCUT2D eigenvalue weighted by Gasteiger charge is 2.12. The summed E-state index contributed by atoms with van der Waals surface area (Å²) in [6, 6.07) is 4.18. The highest BCUT2D eigenvalue weighted by molar-refractivity contribution is 5.47. The third kappa shape index (κ3) is 2.20. The molecular weight excluding hydrogens is 160 g/mol. The maximum absolute atomic E-state index is 4.33. The molecule has 13 heavy (non-hydrogen) atoms. The van der Waals surface area contributed by atoms with E-state index in [0.29, 0.717) is 0 Å². The first-order valence-corrected chi connectivity index (χ1v) is 5.03. The Bertz CT molecular complexity index is 258. The van der Waals surface area contributed by atoms with Crippen molar-refractivity contribution in [2.75, 3.05) is 18.5 Å². The number of rotatable bonds is 0. The van der Waals surface area contributed by atoms with Gasteiger partial charge in [0.05, 0.1) is 0 Å². The molecule has 0 radical (unpaired) electrons. The van der Waals surface area contributed by atoms with E-state index in [1.165, 1.54) is 24.2 Å². The number of hydrogen-bond acceptors (Lipinski definition) is 2. The summed E-state index contributed by atoms with van der Waals surface area (Å²) in [6.07, 6.45) is 4.31. The Morgan fingerprint density at radius 1 is 1.38 bits per heavy atom. The molecule has 0 atom stereocenters. The molecule has 0 amide bonds. The first kappa shape index (κ1) is 10.0. The quantitative estimate of drug-likeness (QED) is 0.606. The number of aryl methyl sites for hydroxylation is 1. The van der Waals surface area contributed by atoms with E-state index in [2.05, 4.69) is 23.0 Å². The summed E-state index contributed by atoms with van der Waals surface area (Å²) in [5, 5.41) is 0. The van der Waals surface area contributed by atoms with Crippen molar-refractivity contribution in [1.29, 1.82) is 0 Å². The van der Waals surface area contributed by atoms with Gasteiger partial charge in [-0.3, -0.25) is 0 Å². The molecule has 72 valence electrons. The monoisotopic (exact) mass is 178 g/mol. The number of aromatic nitrogens is 1. The molecular formula is C11H18N2. The summed E-state index contributed by atoms with van der Waals surface area (Å²) in [5.74, 6) is 1.17. The Morgan fingerprint density at radius 2 is 2.15 bits per heavy atom. The summed E-state index contributed by atoms with van der Waals surface area (Å²) >= 11 is 0. The van der Waals surface area contributed by atoms with E-state index < -0.39 is 0 Å². The highest BCUT2D eigenvalue weighted by Crippen LogP contribution is 2.21. The Balaban J connectivity index is 0.000000396. The second-order valence-corrected chi connectivity index (χ2v) is 3.01. The fourth-order valence-corrected chi connectivity index (χ4v) is 1.58. The minimum absolute atomic E-state index is 1.14. The van der Waals surface area contributed by atoms with Crippen LogP contribution in [0.15, 0.2) is 18.3 Å². The fourth-order valence-electron chi connectivity index (χ4n) is 1.58. The second-order valence-electron chi connectivity index (χ2n) is 3.01. The van der Waals surface area contributed by atoms with Crippen LogP contribution >= 0.6 is 0 Å². The van der Waals surface area contributed by atoms with Crippen molar-refractivity contribution in [3.05, 3.63) is 23.9 Å². The predicted molar refractivity (Wildman–Crippen MR) is 57.2 cm³/mol. The fraction of sp³-hybridized carbons (Fsp3) is 0.545. The van der Waals surface area contributed by atoms with Gasteiger partial charge in [-0.05, 0) is 24.5 Å². The molecule has 1 aliphatic rings. The molecule has 0 N–H and O–H groups in total. The molecule has 1 aliphatic heterocycles. The van der Waals surface area contributed by atoms with E-state index >= 15 is 0 Å². The van der Waals surface area contributed by atoms with E-state index in [-0.39, 0.29) is 0 Å². The maximum Gasteiger partial charge on any atom is 0.131 e. The molecule has 0 bridgehead atoms. The summed E-state index contributed by atoms with van der Waals surface area (Å²) in [4.78, 5) is 6.55. The lowest BCUT2D eigenvalue weighted by Gasteiger charge is -2.25. The number of pyridine rings is 1. The summed E-state index contributed by atoms with van der Waals surface area (Å²) in [5.41, 5.74) is 1.39. The van der Waals surface area contributed by atoms with Gasteiger partial charge < -0.3 is 4.90 Å². The summed E-state index contributed by atoms with van der Waals surface area (Å²) in [7, 11) is 2.10. The van der Waals surface area contributed by atoms with Gasteiger partial charge in [0.15, 0.2) is 0 Å². The van der Waals surface area contributed by atoms with Crippen molar-refractivity contribution in [1.82, 2.24) is 4.98 Å². The molecule has 0 unspecified atom stereocenters. The zero-order valence-electron chi connectivity index (χ0n) is 8.75. The molecule has 2 heteroatoms. The molecule has 2 rings (SSSR count). The first-order valence-electron chi connectivity index (χ1n) is 5.03. The van der Waals surface area contributed by atoms with Gasteiger partial charge >= 0.3 is 0 Å². The zero-order valence-corrected chi connectivity index (χ0v) is 8.75. The largest absolute Gasteiger partial charge is 0.359 e. The SMILES string of the molecule is CC.CN1CCCc2cccnc21. The van der Waals surface area contributed by atoms with Crippen LogP contribution in [0.1, 0.15) is 25.8 Å². The molecule has 2 nitrogen and oxygen atoms in total. The van der Waals surface area contributed by atoms with Crippen molar-refractivity contribution < 1.29 is 0 Å². The van der Waals surface area contributed by atoms with Gasteiger partial charge in [0, 0.05) is 19.8 Å². The van der Waals surface area contributed by atoms with Gasteiger partial charge in [0.25, 0.3) is 0 Å². The van der Waals surface area contributed by atoms with Crippen LogP contribution in [-0.4, -0.2) is 18.6 Å². The predicted octanol–water partition coefficient (Wildman–Crippen LogP) is 2.49. The number of nitrogens with zero attached hydrogens (tertiary/aromatic N) is 2. The Hall–Kier alpha value is -1.05. The van der Waals surface area contributed by atoms with E-state index in [9.17, 15) is 0 Å². The van der Waals surface area contributed by atoms with Crippen LogP contribution in [-0.2, 0) is 6.42 Å². The lowest BCUT2D eigenvalue weighted by atomic mass is 10.1. The first-order chi connectivity index (χ1) is 6.38. The van der Waals surface area contributed by atoms with E-state index in [0.717, 1.165) is 6.54 Å². The molecule has 0 fully saturated rings. The smallest absolute Gasteiger partial charge is 0.131 e. The van der Waals surface area contributed by atoms with Gasteiger partial charge in [-0.1, -0.05) is 19.9 Å². The molecule has 1 aromatic rings. The average molecular weight is 178 g/mol. The third-order valence-electron chi connectivity index (χ3n) is 2.17. The topological polar surface area (TPSA) is 16.1 Å². The molecule has 0 aliphatic carbocycles. The van der Waals surface area contributed by atoms with Crippen LogP contribution in [0, 0.1) is 0 Å². The van der Waals surface area contributed by atoms with Gasteiger partial charge in [0.1, 0.15) is 5.82 Å². The van der Waals surface area contributed by atoms with Gasteiger partial charge in [-0.15, -0.1) is 0 Å². The van der Waals surface area contributed by atoms with Gasteiger partial charge in [-0.2, -0.15) is 0 Å².